The molecule has 7 nitrogen and oxygen atoms in total. The molecule has 0 unspecified atom stereocenters. The highest BCUT2D eigenvalue weighted by Crippen LogP contribution is 2.38. The fraction of sp³-hybridized carbons (Fsp3) is 0.300. The molecule has 146 valence electrons. The van der Waals surface area contributed by atoms with Crippen molar-refractivity contribution in [3.05, 3.63) is 47.0 Å². The summed E-state index contributed by atoms with van der Waals surface area (Å²) in [6.45, 7) is 1.35. The van der Waals surface area contributed by atoms with Crippen LogP contribution in [-0.2, 0) is 16.1 Å². The summed E-state index contributed by atoms with van der Waals surface area (Å²) in [5.41, 5.74) is 1.38. The van der Waals surface area contributed by atoms with Crippen LogP contribution in [0.5, 0.6) is 17.2 Å². The first kappa shape index (κ1) is 18.4. The molecule has 0 saturated heterocycles. The Balaban J connectivity index is 1.37. The number of hydrogen-bond donors (Lipinski definition) is 2. The number of anilines is 1. The number of fused-ring (bicyclic) bond motifs is 2. The Morgan fingerprint density at radius 2 is 2.00 bits per heavy atom. The normalized spacial score (nSPS) is 17.6. The second kappa shape index (κ2) is 7.98. The van der Waals surface area contributed by atoms with Crippen molar-refractivity contribution in [2.75, 3.05) is 18.5 Å². The molecular weight excluding hydrogens is 384 g/mol. The number of rotatable bonds is 4. The van der Waals surface area contributed by atoms with Crippen molar-refractivity contribution in [3.8, 4) is 17.2 Å². The van der Waals surface area contributed by atoms with Gasteiger partial charge in [0.15, 0.2) is 17.6 Å². The standard InChI is InChI=1S/C20H19ClN2O5/c21-13-8-12(9-16-19(13)27-7-3-6-26-16)11-22-18(24)10-17-20(25)23-14-4-1-2-5-15(14)28-17/h1-2,4-5,8-9,17H,3,6-7,10-11H2,(H,22,24)(H,23,25)/t17-/m1/s1. The Morgan fingerprint density at radius 3 is 2.89 bits per heavy atom. The summed E-state index contributed by atoms with van der Waals surface area (Å²) in [6.07, 6.45) is -0.176. The van der Waals surface area contributed by atoms with Crippen LogP contribution in [-0.4, -0.2) is 31.1 Å². The smallest absolute Gasteiger partial charge is 0.266 e. The second-order valence-corrected chi connectivity index (χ2v) is 6.94. The van der Waals surface area contributed by atoms with Crippen LogP contribution in [0.15, 0.2) is 36.4 Å². The number of nitrogens with one attached hydrogen (secondary N) is 2. The summed E-state index contributed by atoms with van der Waals surface area (Å²) in [5.74, 6) is 1.01. The maximum absolute atomic E-state index is 12.3. The Bertz CT molecular complexity index is 917. The van der Waals surface area contributed by atoms with Gasteiger partial charge < -0.3 is 24.8 Å². The Labute approximate surface area is 166 Å². The summed E-state index contributed by atoms with van der Waals surface area (Å²) in [7, 11) is 0. The Hall–Kier alpha value is -2.93. The SMILES string of the molecule is O=C(C[C@H]1Oc2ccccc2NC1=O)NCc1cc(Cl)c2c(c1)OCCCO2. The van der Waals surface area contributed by atoms with E-state index in [0.29, 0.717) is 41.2 Å². The molecule has 4 rings (SSSR count). The molecule has 0 aromatic heterocycles. The van der Waals surface area contributed by atoms with Gasteiger partial charge in [0.2, 0.25) is 5.91 Å². The quantitative estimate of drug-likeness (QED) is 0.821. The van der Waals surface area contributed by atoms with E-state index in [1.165, 1.54) is 0 Å². The minimum atomic E-state index is -0.873. The first-order valence-corrected chi connectivity index (χ1v) is 9.39. The number of benzene rings is 2. The van der Waals surface area contributed by atoms with E-state index in [4.69, 9.17) is 25.8 Å². The molecule has 8 heteroatoms. The van der Waals surface area contributed by atoms with Gasteiger partial charge in [0.25, 0.3) is 5.91 Å². The van der Waals surface area contributed by atoms with Crippen LogP contribution in [0, 0.1) is 0 Å². The largest absolute Gasteiger partial charge is 0.489 e. The lowest BCUT2D eigenvalue weighted by atomic mass is 10.1. The number of para-hydroxylation sites is 2. The fourth-order valence-corrected chi connectivity index (χ4v) is 3.34. The van der Waals surface area contributed by atoms with Gasteiger partial charge in [-0.3, -0.25) is 9.59 Å². The molecule has 0 aliphatic carbocycles. The first-order chi connectivity index (χ1) is 13.6. The van der Waals surface area contributed by atoms with Crippen LogP contribution in [0.3, 0.4) is 0 Å². The molecule has 2 aromatic carbocycles. The lowest BCUT2D eigenvalue weighted by Gasteiger charge is -2.25. The third-order valence-corrected chi connectivity index (χ3v) is 4.71. The molecule has 0 radical (unpaired) electrons. The number of ether oxygens (including phenoxy) is 3. The van der Waals surface area contributed by atoms with Crippen molar-refractivity contribution in [1.82, 2.24) is 5.32 Å². The maximum atomic E-state index is 12.3. The van der Waals surface area contributed by atoms with Crippen LogP contribution in [0.4, 0.5) is 5.69 Å². The second-order valence-electron chi connectivity index (χ2n) is 6.53. The molecule has 2 amide bonds. The Morgan fingerprint density at radius 1 is 1.18 bits per heavy atom. The number of halogens is 1. The van der Waals surface area contributed by atoms with Gasteiger partial charge in [-0.2, -0.15) is 0 Å². The predicted molar refractivity (Wildman–Crippen MR) is 103 cm³/mol. The zero-order chi connectivity index (χ0) is 19.5. The molecule has 2 aromatic rings. The van der Waals surface area contributed by atoms with Crippen LogP contribution in [0.2, 0.25) is 5.02 Å². The molecule has 2 heterocycles. The molecule has 2 aliphatic heterocycles. The molecule has 0 bridgehead atoms. The van der Waals surface area contributed by atoms with E-state index in [9.17, 15) is 9.59 Å². The number of carbonyl (C=O) groups is 2. The summed E-state index contributed by atoms with van der Waals surface area (Å²) >= 11 is 6.27. The van der Waals surface area contributed by atoms with Crippen molar-refractivity contribution < 1.29 is 23.8 Å². The van der Waals surface area contributed by atoms with E-state index in [-0.39, 0.29) is 24.8 Å². The first-order valence-electron chi connectivity index (χ1n) is 9.01. The number of carbonyl (C=O) groups excluding carboxylic acids is 2. The van der Waals surface area contributed by atoms with Crippen molar-refractivity contribution in [2.24, 2.45) is 0 Å². The van der Waals surface area contributed by atoms with Crippen LogP contribution in [0.1, 0.15) is 18.4 Å². The van der Waals surface area contributed by atoms with E-state index in [1.54, 1.807) is 36.4 Å². The van der Waals surface area contributed by atoms with Gasteiger partial charge >= 0.3 is 0 Å². The molecule has 2 N–H and O–H groups in total. The summed E-state index contributed by atoms with van der Waals surface area (Å²) in [4.78, 5) is 24.5. The van der Waals surface area contributed by atoms with Gasteiger partial charge in [-0.15, -0.1) is 0 Å². The van der Waals surface area contributed by atoms with Gasteiger partial charge in [-0.25, -0.2) is 0 Å². The number of hydrogen-bond acceptors (Lipinski definition) is 5. The van der Waals surface area contributed by atoms with E-state index in [2.05, 4.69) is 10.6 Å². The van der Waals surface area contributed by atoms with Crippen molar-refractivity contribution in [2.45, 2.75) is 25.5 Å². The lowest BCUT2D eigenvalue weighted by Crippen LogP contribution is -2.40. The molecule has 2 aliphatic rings. The predicted octanol–water partition coefficient (Wildman–Crippen LogP) is 2.91. The van der Waals surface area contributed by atoms with Crippen molar-refractivity contribution >= 4 is 29.1 Å². The van der Waals surface area contributed by atoms with E-state index >= 15 is 0 Å². The average molecular weight is 403 g/mol. The molecule has 1 atom stereocenters. The van der Waals surface area contributed by atoms with Crippen molar-refractivity contribution in [3.63, 3.8) is 0 Å². The van der Waals surface area contributed by atoms with E-state index < -0.39 is 6.10 Å². The molecule has 0 spiro atoms. The van der Waals surface area contributed by atoms with Gasteiger partial charge in [0.1, 0.15) is 5.75 Å². The van der Waals surface area contributed by atoms with Gasteiger partial charge in [0, 0.05) is 13.0 Å². The molecule has 28 heavy (non-hydrogen) atoms. The van der Waals surface area contributed by atoms with Crippen LogP contribution >= 0.6 is 11.6 Å². The monoisotopic (exact) mass is 402 g/mol. The summed E-state index contributed by atoms with van der Waals surface area (Å²) in [5, 5.41) is 5.97. The maximum Gasteiger partial charge on any atom is 0.266 e. The van der Waals surface area contributed by atoms with Gasteiger partial charge in [-0.05, 0) is 29.8 Å². The van der Waals surface area contributed by atoms with E-state index in [1.807, 2.05) is 0 Å². The molecule has 0 saturated carbocycles. The highest BCUT2D eigenvalue weighted by Gasteiger charge is 2.29. The average Bonchev–Trinajstić information content (AvgIpc) is 2.93. The zero-order valence-corrected chi connectivity index (χ0v) is 15.8. The van der Waals surface area contributed by atoms with E-state index in [0.717, 1.165) is 12.0 Å². The third-order valence-electron chi connectivity index (χ3n) is 4.43. The summed E-state index contributed by atoms with van der Waals surface area (Å²) < 4.78 is 16.9. The van der Waals surface area contributed by atoms with Crippen LogP contribution in [0.25, 0.3) is 0 Å². The molecular formula is C20H19ClN2O5. The Kier molecular flexibility index (Phi) is 5.25. The van der Waals surface area contributed by atoms with Gasteiger partial charge in [-0.1, -0.05) is 23.7 Å². The molecule has 0 fully saturated rings. The van der Waals surface area contributed by atoms with Crippen LogP contribution < -0.4 is 24.8 Å². The zero-order valence-electron chi connectivity index (χ0n) is 15.0. The minimum Gasteiger partial charge on any atom is -0.489 e. The topological polar surface area (TPSA) is 85.9 Å². The highest BCUT2D eigenvalue weighted by atomic mass is 35.5. The highest BCUT2D eigenvalue weighted by molar-refractivity contribution is 6.32. The minimum absolute atomic E-state index is 0.0849. The van der Waals surface area contributed by atoms with Gasteiger partial charge in [0.05, 0.1) is 30.3 Å². The van der Waals surface area contributed by atoms with Crippen molar-refractivity contribution in [1.29, 1.82) is 0 Å². The lowest BCUT2D eigenvalue weighted by molar-refractivity contribution is -0.130. The fourth-order valence-electron chi connectivity index (χ4n) is 3.05. The third kappa shape index (κ3) is 3.99. The number of amides is 2. The summed E-state index contributed by atoms with van der Waals surface area (Å²) in [6, 6.07) is 10.6.